The fraction of sp³-hybridized carbons (Fsp3) is 0.679. The molecule has 3 heterocycles. The van der Waals surface area contributed by atoms with Gasteiger partial charge in [0.15, 0.2) is 0 Å². The van der Waals surface area contributed by atoms with Gasteiger partial charge in [-0.1, -0.05) is 39.3 Å². The largest absolute Gasteiger partial charge is 0.392 e. The summed E-state index contributed by atoms with van der Waals surface area (Å²) in [5.41, 5.74) is -0.635. The summed E-state index contributed by atoms with van der Waals surface area (Å²) in [6, 6.07) is -0.292. The third-order valence-corrected chi connectivity index (χ3v) is 8.71. The lowest BCUT2D eigenvalue weighted by Gasteiger charge is -2.35. The number of thiazole rings is 1. The summed E-state index contributed by atoms with van der Waals surface area (Å²) in [5.74, 6) is -1.37. The molecule has 2 unspecified atom stereocenters. The highest BCUT2D eigenvalue weighted by molar-refractivity contribution is 7.09. The zero-order valence-corrected chi connectivity index (χ0v) is 23.0. The minimum absolute atomic E-state index is 0.00853. The van der Waals surface area contributed by atoms with Gasteiger partial charge in [0.05, 0.1) is 52.5 Å². The van der Waals surface area contributed by atoms with Gasteiger partial charge in [-0.15, -0.1) is 17.9 Å². The maximum atomic E-state index is 13.5. The van der Waals surface area contributed by atoms with E-state index >= 15 is 0 Å². The Bertz CT molecular complexity index is 973. The number of fused-ring (bicyclic) bond motifs is 1. The van der Waals surface area contributed by atoms with Crippen molar-refractivity contribution >= 4 is 29.1 Å². The number of ether oxygens (including phenoxy) is 1. The summed E-state index contributed by atoms with van der Waals surface area (Å²) < 4.78 is 6.07. The molecule has 1 aromatic rings. The SMILES string of the molecule is C=CC[C@H]1C(=O)C(C)(C)[C@@H](O)CC(=O)N[C@H](C=Cc2csc(C)n2)CC2OC2(C)CCC[C@H](C)[C@H]1O. The van der Waals surface area contributed by atoms with Crippen LogP contribution in [0.1, 0.15) is 76.9 Å². The van der Waals surface area contributed by atoms with Crippen LogP contribution < -0.4 is 5.32 Å². The maximum absolute atomic E-state index is 13.5. The second kappa shape index (κ2) is 11.7. The highest BCUT2D eigenvalue weighted by Crippen LogP contribution is 2.44. The van der Waals surface area contributed by atoms with Crippen LogP contribution in [0.5, 0.6) is 0 Å². The zero-order chi connectivity index (χ0) is 26.7. The van der Waals surface area contributed by atoms with Gasteiger partial charge in [-0.3, -0.25) is 9.59 Å². The van der Waals surface area contributed by atoms with Crippen molar-refractivity contribution in [3.8, 4) is 0 Å². The molecule has 0 aromatic carbocycles. The fourth-order valence-electron chi connectivity index (χ4n) is 5.16. The maximum Gasteiger partial charge on any atom is 0.223 e. The molecule has 2 aliphatic heterocycles. The molecule has 3 rings (SSSR count). The van der Waals surface area contributed by atoms with Crippen molar-refractivity contribution in [1.29, 1.82) is 0 Å². The number of allylic oxidation sites excluding steroid dienone is 1. The molecule has 200 valence electrons. The van der Waals surface area contributed by atoms with Gasteiger partial charge in [0, 0.05) is 17.7 Å². The number of Topliss-reactive ketones (excluding diaryl/α,β-unsaturated/α-hetero) is 1. The predicted octanol–water partition coefficient (Wildman–Crippen LogP) is 4.22. The van der Waals surface area contributed by atoms with Gasteiger partial charge in [-0.25, -0.2) is 4.98 Å². The third-order valence-electron chi connectivity index (χ3n) is 7.92. The second-order valence-corrected chi connectivity index (χ2v) is 12.3. The van der Waals surface area contributed by atoms with E-state index < -0.39 is 23.5 Å². The molecule has 2 saturated heterocycles. The first-order chi connectivity index (χ1) is 16.9. The van der Waals surface area contributed by atoms with Gasteiger partial charge >= 0.3 is 0 Å². The molecule has 8 heteroatoms. The quantitative estimate of drug-likeness (QED) is 0.407. The summed E-state index contributed by atoms with van der Waals surface area (Å²) in [6.45, 7) is 13.1. The van der Waals surface area contributed by atoms with E-state index in [1.54, 1.807) is 31.3 Å². The van der Waals surface area contributed by atoms with Crippen molar-refractivity contribution < 1.29 is 24.5 Å². The molecule has 1 amide bonds. The van der Waals surface area contributed by atoms with E-state index in [1.807, 2.05) is 31.4 Å². The van der Waals surface area contributed by atoms with E-state index in [9.17, 15) is 19.8 Å². The molecule has 3 N–H and O–H groups in total. The van der Waals surface area contributed by atoms with Crippen LogP contribution in [0, 0.1) is 24.2 Å². The van der Waals surface area contributed by atoms with Crippen molar-refractivity contribution in [3.05, 3.63) is 34.8 Å². The van der Waals surface area contributed by atoms with Crippen LogP contribution >= 0.6 is 11.3 Å². The van der Waals surface area contributed by atoms with Gasteiger partial charge < -0.3 is 20.3 Å². The number of nitrogens with zero attached hydrogens (tertiary/aromatic N) is 1. The summed E-state index contributed by atoms with van der Waals surface area (Å²) in [5, 5.41) is 28.0. The Balaban J connectivity index is 1.84. The monoisotopic (exact) mass is 518 g/mol. The summed E-state index contributed by atoms with van der Waals surface area (Å²) in [7, 11) is 0. The van der Waals surface area contributed by atoms with Crippen LogP contribution in [0.3, 0.4) is 0 Å². The normalized spacial score (nSPS) is 36.3. The van der Waals surface area contributed by atoms with E-state index in [0.717, 1.165) is 30.0 Å². The number of rotatable bonds is 4. The van der Waals surface area contributed by atoms with Crippen molar-refractivity contribution in [2.75, 3.05) is 0 Å². The molecule has 1 aromatic heterocycles. The molecule has 0 aliphatic carbocycles. The Hall–Kier alpha value is -1.87. The standard InChI is InChI=1S/C28H42N2O5S/c1-7-9-21-25(33)17(2)10-8-13-28(6)23(35-28)14-19(11-12-20-16-36-18(3)29-20)30-24(32)15-22(31)27(4,5)26(21)34/h7,11-12,16-17,19,21-23,25,31,33H,1,8-10,13-15H2,2-6H3,(H,30,32)/t17-,19+,21+,22-,23?,25+,28?/m0/s1. The average molecular weight is 519 g/mol. The van der Waals surface area contributed by atoms with Crippen molar-refractivity contribution in [2.45, 2.75) is 103 Å². The summed E-state index contributed by atoms with van der Waals surface area (Å²) in [4.78, 5) is 31.0. The summed E-state index contributed by atoms with van der Waals surface area (Å²) in [6.07, 6.45) is 6.61. The lowest BCUT2D eigenvalue weighted by molar-refractivity contribution is -0.143. The van der Waals surface area contributed by atoms with Crippen molar-refractivity contribution in [1.82, 2.24) is 10.3 Å². The fourth-order valence-corrected chi connectivity index (χ4v) is 5.74. The number of ketones is 1. The van der Waals surface area contributed by atoms with Gasteiger partial charge in [-0.05, 0) is 45.1 Å². The van der Waals surface area contributed by atoms with Gasteiger partial charge in [0.25, 0.3) is 0 Å². The Labute approximate surface area is 219 Å². The molecular formula is C28H42N2O5S. The van der Waals surface area contributed by atoms with E-state index in [0.29, 0.717) is 12.8 Å². The topological polar surface area (TPSA) is 112 Å². The number of carbonyl (C=O) groups is 2. The number of epoxide rings is 1. The molecule has 0 spiro atoms. The van der Waals surface area contributed by atoms with E-state index in [1.165, 1.54) is 0 Å². The van der Waals surface area contributed by atoms with E-state index in [4.69, 9.17) is 4.74 Å². The van der Waals surface area contributed by atoms with E-state index in [-0.39, 0.29) is 41.8 Å². The van der Waals surface area contributed by atoms with Crippen LogP contribution in [-0.2, 0) is 14.3 Å². The van der Waals surface area contributed by atoms with Crippen LogP contribution in [0.2, 0.25) is 0 Å². The first-order valence-electron chi connectivity index (χ1n) is 13.0. The lowest BCUT2D eigenvalue weighted by Crippen LogP contribution is -2.47. The van der Waals surface area contributed by atoms with Gasteiger partial charge in [0.1, 0.15) is 5.78 Å². The number of aromatic nitrogens is 1. The number of aryl methyl sites for hydroxylation is 1. The first kappa shape index (κ1) is 28.7. The average Bonchev–Trinajstić information content (AvgIpc) is 3.24. The Morgan fingerprint density at radius 2 is 2.03 bits per heavy atom. The smallest absolute Gasteiger partial charge is 0.223 e. The Kier molecular flexibility index (Phi) is 9.30. The van der Waals surface area contributed by atoms with Gasteiger partial charge in [0.2, 0.25) is 5.91 Å². The number of aliphatic hydroxyl groups excluding tert-OH is 2. The van der Waals surface area contributed by atoms with Crippen molar-refractivity contribution in [3.63, 3.8) is 0 Å². The third kappa shape index (κ3) is 6.91. The van der Waals surface area contributed by atoms with Crippen molar-refractivity contribution in [2.24, 2.45) is 17.3 Å². The van der Waals surface area contributed by atoms with Crippen LogP contribution in [0.4, 0.5) is 0 Å². The minimum Gasteiger partial charge on any atom is -0.392 e. The highest BCUT2D eigenvalue weighted by atomic mass is 32.1. The summed E-state index contributed by atoms with van der Waals surface area (Å²) >= 11 is 1.57. The molecule has 36 heavy (non-hydrogen) atoms. The van der Waals surface area contributed by atoms with Crippen LogP contribution in [-0.4, -0.2) is 56.8 Å². The highest BCUT2D eigenvalue weighted by Gasteiger charge is 2.52. The molecule has 2 fully saturated rings. The number of hydrogen-bond donors (Lipinski definition) is 3. The number of aliphatic hydroxyl groups is 2. The number of hydrogen-bond acceptors (Lipinski definition) is 7. The molecule has 0 radical (unpaired) electrons. The molecule has 7 nitrogen and oxygen atoms in total. The minimum atomic E-state index is -1.20. The number of amides is 1. The molecule has 2 aliphatic rings. The van der Waals surface area contributed by atoms with Crippen LogP contribution in [0.25, 0.3) is 6.08 Å². The number of carbonyl (C=O) groups excluding carboxylic acids is 2. The molecular weight excluding hydrogens is 476 g/mol. The number of nitrogens with one attached hydrogen (secondary N) is 1. The molecule has 0 bridgehead atoms. The predicted molar refractivity (Wildman–Crippen MR) is 142 cm³/mol. The molecule has 7 atom stereocenters. The van der Waals surface area contributed by atoms with Gasteiger partial charge in [-0.2, -0.15) is 0 Å². The van der Waals surface area contributed by atoms with E-state index in [2.05, 4.69) is 23.8 Å². The zero-order valence-electron chi connectivity index (χ0n) is 22.2. The second-order valence-electron chi connectivity index (χ2n) is 11.3. The van der Waals surface area contributed by atoms with Crippen LogP contribution in [0.15, 0.2) is 24.1 Å². The first-order valence-corrected chi connectivity index (χ1v) is 13.8. The Morgan fingerprint density at radius 3 is 2.67 bits per heavy atom. The molecule has 0 saturated carbocycles. The Morgan fingerprint density at radius 1 is 1.31 bits per heavy atom. The lowest BCUT2D eigenvalue weighted by atomic mass is 9.71.